The Morgan fingerprint density at radius 3 is 2.59 bits per heavy atom. The number of hydrogen-bond acceptors (Lipinski definition) is 5. The molecule has 200 valence electrons. The van der Waals surface area contributed by atoms with Crippen LogP contribution in [0, 0.1) is 12.8 Å². The predicted molar refractivity (Wildman–Crippen MR) is 144 cm³/mol. The molecule has 3 rings (SSSR count). The first-order chi connectivity index (χ1) is 17.9. The summed E-state index contributed by atoms with van der Waals surface area (Å²) in [5.74, 6) is -0.826. The second-order valence-electron chi connectivity index (χ2n) is 9.61. The zero-order valence-electron chi connectivity index (χ0n) is 22.1. The molecule has 1 fully saturated rings. The Labute approximate surface area is 219 Å². The van der Waals surface area contributed by atoms with Crippen molar-refractivity contribution >= 4 is 17.6 Å². The average Bonchev–Trinajstić information content (AvgIpc) is 3.27. The monoisotopic (exact) mass is 510 g/mol. The highest BCUT2D eigenvalue weighted by Gasteiger charge is 2.28. The molecular formula is C29H39FN4O3. The SMILES string of the molecule is C/C=C\C(=C/CC)Cn1cc(C(Nc2ccc(C(=O)NCCC(=O)OF)cc2)C2CCCCC2)c(C)n1. The van der Waals surface area contributed by atoms with Gasteiger partial charge in [-0.2, -0.15) is 5.10 Å². The van der Waals surface area contributed by atoms with E-state index in [2.05, 4.69) is 53.8 Å². The molecule has 1 aliphatic carbocycles. The van der Waals surface area contributed by atoms with Crippen molar-refractivity contribution in [3.63, 3.8) is 0 Å². The average molecular weight is 511 g/mol. The number of carbonyl (C=O) groups excluding carboxylic acids is 2. The van der Waals surface area contributed by atoms with Crippen molar-refractivity contribution in [2.24, 2.45) is 5.92 Å². The molecule has 2 aromatic rings. The summed E-state index contributed by atoms with van der Waals surface area (Å²) in [5.41, 5.74) is 4.89. The third kappa shape index (κ3) is 8.30. The van der Waals surface area contributed by atoms with Gasteiger partial charge in [0.25, 0.3) is 5.91 Å². The van der Waals surface area contributed by atoms with Crippen molar-refractivity contribution in [3.05, 3.63) is 71.1 Å². The first-order valence-electron chi connectivity index (χ1n) is 13.3. The van der Waals surface area contributed by atoms with Gasteiger partial charge in [0, 0.05) is 34.1 Å². The number of aryl methyl sites for hydroxylation is 1. The van der Waals surface area contributed by atoms with Crippen LogP contribution in [0.15, 0.2) is 54.3 Å². The second-order valence-corrected chi connectivity index (χ2v) is 9.61. The van der Waals surface area contributed by atoms with Gasteiger partial charge < -0.3 is 10.6 Å². The first kappa shape index (κ1) is 28.2. The van der Waals surface area contributed by atoms with Crippen LogP contribution < -0.4 is 10.6 Å². The molecule has 1 aromatic heterocycles. The Morgan fingerprint density at radius 2 is 1.95 bits per heavy atom. The number of aromatic nitrogens is 2. The fourth-order valence-electron chi connectivity index (χ4n) is 5.00. The van der Waals surface area contributed by atoms with E-state index in [1.165, 1.54) is 43.2 Å². The molecule has 8 heteroatoms. The summed E-state index contributed by atoms with van der Waals surface area (Å²) >= 11 is 0. The van der Waals surface area contributed by atoms with Crippen LogP contribution in [0.5, 0.6) is 0 Å². The number of rotatable bonds is 12. The van der Waals surface area contributed by atoms with Gasteiger partial charge in [0.05, 0.1) is 24.7 Å². The number of halogens is 1. The number of nitrogens with zero attached hydrogens (tertiary/aromatic N) is 2. The van der Waals surface area contributed by atoms with Crippen molar-refractivity contribution in [2.45, 2.75) is 78.3 Å². The van der Waals surface area contributed by atoms with Gasteiger partial charge >= 0.3 is 5.97 Å². The van der Waals surface area contributed by atoms with Crippen molar-refractivity contribution in [1.82, 2.24) is 15.1 Å². The minimum absolute atomic E-state index is 0.0117. The van der Waals surface area contributed by atoms with E-state index in [9.17, 15) is 14.1 Å². The van der Waals surface area contributed by atoms with Crippen LogP contribution in [0.2, 0.25) is 0 Å². The largest absolute Gasteiger partial charge is 0.378 e. The second kappa shape index (κ2) is 14.4. The minimum Gasteiger partial charge on any atom is -0.378 e. The normalized spacial score (nSPS) is 15.5. The van der Waals surface area contributed by atoms with Gasteiger partial charge in [-0.15, -0.1) is 0 Å². The third-order valence-electron chi connectivity index (χ3n) is 6.80. The smallest absolute Gasteiger partial charge is 0.350 e. The molecule has 2 N–H and O–H groups in total. The van der Waals surface area contributed by atoms with Gasteiger partial charge in [-0.25, -0.2) is 4.79 Å². The third-order valence-corrected chi connectivity index (χ3v) is 6.80. The van der Waals surface area contributed by atoms with Gasteiger partial charge in [-0.05, 0) is 68.9 Å². The quantitative estimate of drug-likeness (QED) is 0.324. The van der Waals surface area contributed by atoms with E-state index >= 15 is 0 Å². The van der Waals surface area contributed by atoms with Crippen LogP contribution in [0.25, 0.3) is 0 Å². The Kier molecular flexibility index (Phi) is 10.9. The Bertz CT molecular complexity index is 1090. The summed E-state index contributed by atoms with van der Waals surface area (Å²) < 4.78 is 13.8. The topological polar surface area (TPSA) is 85.2 Å². The minimum atomic E-state index is -1.01. The van der Waals surface area contributed by atoms with Crippen molar-refractivity contribution in [3.8, 4) is 0 Å². The summed E-state index contributed by atoms with van der Waals surface area (Å²) in [6.07, 6.45) is 15.5. The summed E-state index contributed by atoms with van der Waals surface area (Å²) in [5, 5.41) is 11.2. The molecule has 37 heavy (non-hydrogen) atoms. The van der Waals surface area contributed by atoms with E-state index in [0.29, 0.717) is 11.5 Å². The summed E-state index contributed by atoms with van der Waals surface area (Å²) in [4.78, 5) is 26.4. The molecule has 0 saturated heterocycles. The zero-order valence-corrected chi connectivity index (χ0v) is 22.1. The highest BCUT2D eigenvalue weighted by atomic mass is 19.3. The lowest BCUT2D eigenvalue weighted by Gasteiger charge is -2.31. The van der Waals surface area contributed by atoms with Gasteiger partial charge in [0.2, 0.25) is 0 Å². The highest BCUT2D eigenvalue weighted by Crippen LogP contribution is 2.38. The Hall–Kier alpha value is -3.42. The molecule has 1 aliphatic rings. The maximum Gasteiger partial charge on any atom is 0.350 e. The van der Waals surface area contributed by atoms with E-state index in [0.717, 1.165) is 24.3 Å². The predicted octanol–water partition coefficient (Wildman–Crippen LogP) is 6.39. The standard InChI is InChI=1S/C29H39FN4O3/c1-4-9-22(10-5-2)19-34-20-26(21(3)33-34)28(23-11-7-6-8-12-23)32-25-15-13-24(14-16-25)29(36)31-18-17-27(35)37-30/h4,9-10,13-16,20,23,28,32H,5-8,11-12,17-19H2,1-3H3,(H,31,36)/b9-4-,22-10+. The van der Waals surface area contributed by atoms with Gasteiger partial charge in [-0.3, -0.25) is 14.4 Å². The lowest BCUT2D eigenvalue weighted by atomic mass is 9.81. The molecule has 0 bridgehead atoms. The molecule has 0 radical (unpaired) electrons. The molecule has 1 atom stereocenters. The van der Waals surface area contributed by atoms with Gasteiger partial charge in [0.15, 0.2) is 0 Å². The highest BCUT2D eigenvalue weighted by molar-refractivity contribution is 5.94. The fourth-order valence-corrected chi connectivity index (χ4v) is 5.00. The summed E-state index contributed by atoms with van der Waals surface area (Å²) in [6, 6.07) is 7.42. The van der Waals surface area contributed by atoms with E-state index in [1.807, 2.05) is 23.7 Å². The zero-order chi connectivity index (χ0) is 26.6. The van der Waals surface area contributed by atoms with Crippen LogP contribution in [-0.4, -0.2) is 28.2 Å². The molecule has 1 saturated carbocycles. The first-order valence-corrected chi connectivity index (χ1v) is 13.3. The number of anilines is 1. The molecule has 0 aliphatic heterocycles. The van der Waals surface area contributed by atoms with Gasteiger partial charge in [0.1, 0.15) is 0 Å². The van der Waals surface area contributed by atoms with Crippen LogP contribution in [0.1, 0.15) is 86.5 Å². The van der Waals surface area contributed by atoms with Crippen LogP contribution in [0.4, 0.5) is 10.2 Å². The maximum atomic E-state index is 12.3. The van der Waals surface area contributed by atoms with Crippen molar-refractivity contribution in [1.29, 1.82) is 0 Å². The van der Waals surface area contributed by atoms with Gasteiger partial charge in [-0.1, -0.05) is 44.4 Å². The number of carbonyl (C=O) groups is 2. The molecule has 1 unspecified atom stereocenters. The Balaban J connectivity index is 1.76. The van der Waals surface area contributed by atoms with E-state index in [-0.39, 0.29) is 24.9 Å². The fraction of sp³-hybridized carbons (Fsp3) is 0.483. The Morgan fingerprint density at radius 1 is 1.22 bits per heavy atom. The van der Waals surface area contributed by atoms with Crippen molar-refractivity contribution < 1.29 is 19.1 Å². The van der Waals surface area contributed by atoms with Crippen LogP contribution in [0.3, 0.4) is 0 Å². The van der Waals surface area contributed by atoms with E-state index in [4.69, 9.17) is 5.10 Å². The van der Waals surface area contributed by atoms with Crippen LogP contribution >= 0.6 is 0 Å². The molecule has 1 amide bonds. The lowest BCUT2D eigenvalue weighted by Crippen LogP contribution is -2.26. The number of hydrogen-bond donors (Lipinski definition) is 2. The number of allylic oxidation sites excluding steroid dienone is 4. The van der Waals surface area contributed by atoms with Crippen LogP contribution in [-0.2, 0) is 16.3 Å². The molecule has 7 nitrogen and oxygen atoms in total. The molecule has 1 aromatic carbocycles. The molecule has 0 spiro atoms. The van der Waals surface area contributed by atoms with Crippen molar-refractivity contribution in [2.75, 3.05) is 11.9 Å². The number of amides is 1. The number of benzene rings is 1. The maximum absolute atomic E-state index is 12.3. The molecule has 1 heterocycles. The van der Waals surface area contributed by atoms with E-state index in [1.54, 1.807) is 12.1 Å². The lowest BCUT2D eigenvalue weighted by molar-refractivity contribution is -0.183. The summed E-state index contributed by atoms with van der Waals surface area (Å²) in [6.45, 7) is 7.00. The molecular weight excluding hydrogens is 471 g/mol. The number of nitrogens with one attached hydrogen (secondary N) is 2. The summed E-state index contributed by atoms with van der Waals surface area (Å²) in [7, 11) is 0. The van der Waals surface area contributed by atoms with E-state index < -0.39 is 5.97 Å².